The first-order valence-corrected chi connectivity index (χ1v) is 7.47. The van der Waals surface area contributed by atoms with Crippen LogP contribution in [0.15, 0.2) is 35.8 Å². The van der Waals surface area contributed by atoms with Gasteiger partial charge in [-0.05, 0) is 36.5 Å². The number of nitrogens with zero attached hydrogens (tertiary/aromatic N) is 2. The van der Waals surface area contributed by atoms with Crippen molar-refractivity contribution < 1.29 is 8.78 Å². The number of nitrogens with one attached hydrogen (secondary N) is 1. The minimum absolute atomic E-state index is 0. The number of halogens is 3. The fourth-order valence-electron chi connectivity index (χ4n) is 2.14. The molecule has 0 aliphatic carbocycles. The van der Waals surface area contributed by atoms with Crippen LogP contribution in [0.25, 0.3) is 0 Å². The molecule has 3 nitrogen and oxygen atoms in total. The Kier molecular flexibility index (Phi) is 10.8. The van der Waals surface area contributed by atoms with E-state index in [0.717, 1.165) is 37.0 Å². The molecule has 130 valence electrons. The molecule has 0 fully saturated rings. The van der Waals surface area contributed by atoms with Gasteiger partial charge in [-0.3, -0.25) is 4.99 Å². The van der Waals surface area contributed by atoms with Gasteiger partial charge in [0.05, 0.1) is 0 Å². The Hall–Kier alpha value is -1.18. The van der Waals surface area contributed by atoms with Crippen molar-refractivity contribution in [3.63, 3.8) is 0 Å². The molecule has 0 spiro atoms. The maximum atomic E-state index is 13.3. The van der Waals surface area contributed by atoms with Gasteiger partial charge in [-0.25, -0.2) is 8.78 Å². The predicted molar refractivity (Wildman–Crippen MR) is 104 cm³/mol. The summed E-state index contributed by atoms with van der Waals surface area (Å²) in [6, 6.07) is 4.02. The molecule has 1 aromatic carbocycles. The lowest BCUT2D eigenvalue weighted by Gasteiger charge is -2.23. The van der Waals surface area contributed by atoms with Crippen molar-refractivity contribution in [3.8, 4) is 0 Å². The second-order valence-corrected chi connectivity index (χ2v) is 5.36. The Labute approximate surface area is 154 Å². The topological polar surface area (TPSA) is 27.6 Å². The Morgan fingerprint density at radius 3 is 2.65 bits per heavy atom. The van der Waals surface area contributed by atoms with Crippen molar-refractivity contribution in [2.45, 2.75) is 25.7 Å². The number of hydrogen-bond acceptors (Lipinski definition) is 1. The number of benzene rings is 1. The number of aliphatic imine (C=N–C) groups is 1. The van der Waals surface area contributed by atoms with Crippen molar-refractivity contribution in [3.05, 3.63) is 48.1 Å². The molecule has 0 bridgehead atoms. The van der Waals surface area contributed by atoms with Crippen LogP contribution in [0.5, 0.6) is 0 Å². The van der Waals surface area contributed by atoms with Crippen molar-refractivity contribution >= 4 is 29.9 Å². The highest BCUT2D eigenvalue weighted by molar-refractivity contribution is 14.0. The number of hydrogen-bond donors (Lipinski definition) is 1. The van der Waals surface area contributed by atoms with Crippen LogP contribution in [-0.4, -0.2) is 38.0 Å². The van der Waals surface area contributed by atoms with E-state index in [-0.39, 0.29) is 29.9 Å². The smallest absolute Gasteiger partial charge is 0.193 e. The summed E-state index contributed by atoms with van der Waals surface area (Å²) in [4.78, 5) is 6.28. The lowest BCUT2D eigenvalue weighted by molar-refractivity contribution is 0.466. The summed E-state index contributed by atoms with van der Waals surface area (Å²) in [6.07, 6.45) is 3.88. The molecule has 23 heavy (non-hydrogen) atoms. The minimum Gasteiger partial charge on any atom is -0.356 e. The van der Waals surface area contributed by atoms with Gasteiger partial charge in [-0.1, -0.05) is 19.1 Å². The minimum atomic E-state index is -0.818. The molecule has 1 unspecified atom stereocenters. The second-order valence-electron chi connectivity index (χ2n) is 5.36. The summed E-state index contributed by atoms with van der Waals surface area (Å²) in [5, 5.41) is 3.26. The molecule has 0 aromatic heterocycles. The van der Waals surface area contributed by atoms with Crippen LogP contribution in [0.3, 0.4) is 0 Å². The van der Waals surface area contributed by atoms with Gasteiger partial charge in [0.2, 0.25) is 0 Å². The van der Waals surface area contributed by atoms with Gasteiger partial charge in [-0.2, -0.15) is 0 Å². The van der Waals surface area contributed by atoms with Crippen LogP contribution in [0.4, 0.5) is 8.78 Å². The lowest BCUT2D eigenvalue weighted by Crippen LogP contribution is -2.40. The standard InChI is InChI=1S/C17H25F2N3.HI/c1-5-6-7-10-22(4)17(20-3)21-12-13(2)14-8-9-15(18)16(19)11-14;/h5,8-9,11,13H,1,6-7,10,12H2,2-4H3,(H,20,21);1H. The third-order valence-corrected chi connectivity index (χ3v) is 3.55. The average Bonchev–Trinajstić information content (AvgIpc) is 2.50. The molecule has 0 radical (unpaired) electrons. The first kappa shape index (κ1) is 21.8. The first-order valence-electron chi connectivity index (χ1n) is 7.47. The van der Waals surface area contributed by atoms with E-state index < -0.39 is 11.6 Å². The molecule has 1 atom stereocenters. The zero-order chi connectivity index (χ0) is 16.5. The molecule has 1 N–H and O–H groups in total. The highest BCUT2D eigenvalue weighted by Crippen LogP contribution is 2.17. The Balaban J connectivity index is 0.00000484. The molecule has 1 aromatic rings. The largest absolute Gasteiger partial charge is 0.356 e. The average molecular weight is 437 g/mol. The van der Waals surface area contributed by atoms with Crippen LogP contribution in [0.1, 0.15) is 31.2 Å². The zero-order valence-electron chi connectivity index (χ0n) is 14.0. The molecule has 0 saturated heterocycles. The van der Waals surface area contributed by atoms with Gasteiger partial charge in [0.1, 0.15) is 0 Å². The summed E-state index contributed by atoms with van der Waals surface area (Å²) >= 11 is 0. The highest BCUT2D eigenvalue weighted by atomic mass is 127. The quantitative estimate of drug-likeness (QED) is 0.228. The fourth-order valence-corrected chi connectivity index (χ4v) is 2.14. The molecule has 0 saturated carbocycles. The van der Waals surface area contributed by atoms with E-state index in [0.29, 0.717) is 6.54 Å². The summed E-state index contributed by atoms with van der Waals surface area (Å²) in [6.45, 7) is 7.15. The molecule has 6 heteroatoms. The zero-order valence-corrected chi connectivity index (χ0v) is 16.3. The van der Waals surface area contributed by atoms with E-state index in [1.807, 2.05) is 24.9 Å². The van der Waals surface area contributed by atoms with Crippen molar-refractivity contribution in [1.82, 2.24) is 10.2 Å². The van der Waals surface area contributed by atoms with Gasteiger partial charge in [0, 0.05) is 27.2 Å². The number of guanidine groups is 1. The second kappa shape index (κ2) is 11.4. The van der Waals surface area contributed by atoms with Crippen molar-refractivity contribution in [1.29, 1.82) is 0 Å². The summed E-state index contributed by atoms with van der Waals surface area (Å²) in [7, 11) is 3.70. The van der Waals surface area contributed by atoms with Crippen molar-refractivity contribution in [2.24, 2.45) is 4.99 Å². The molecular weight excluding hydrogens is 411 g/mol. The van der Waals surface area contributed by atoms with Gasteiger partial charge in [0.25, 0.3) is 0 Å². The Morgan fingerprint density at radius 1 is 1.39 bits per heavy atom. The van der Waals surface area contributed by atoms with Gasteiger partial charge in [-0.15, -0.1) is 30.6 Å². The van der Waals surface area contributed by atoms with E-state index in [1.54, 1.807) is 13.1 Å². The molecule has 0 heterocycles. The third-order valence-electron chi connectivity index (χ3n) is 3.55. The van der Waals surface area contributed by atoms with E-state index in [4.69, 9.17) is 0 Å². The van der Waals surface area contributed by atoms with E-state index in [1.165, 1.54) is 6.07 Å². The first-order chi connectivity index (χ1) is 10.5. The van der Waals surface area contributed by atoms with E-state index in [9.17, 15) is 8.78 Å². The summed E-state index contributed by atoms with van der Waals surface area (Å²) in [5.41, 5.74) is 0.760. The van der Waals surface area contributed by atoms with Crippen LogP contribution in [0, 0.1) is 11.6 Å². The van der Waals surface area contributed by atoms with Gasteiger partial charge < -0.3 is 10.2 Å². The molecule has 0 amide bonds. The van der Waals surface area contributed by atoms with Gasteiger partial charge in [0.15, 0.2) is 17.6 Å². The van der Waals surface area contributed by atoms with E-state index >= 15 is 0 Å². The SMILES string of the molecule is C=CCCCN(C)C(=NC)NCC(C)c1ccc(F)c(F)c1.I. The lowest BCUT2D eigenvalue weighted by atomic mass is 10.0. The Bertz CT molecular complexity index is 521. The predicted octanol–water partition coefficient (Wildman–Crippen LogP) is 4.16. The van der Waals surface area contributed by atoms with Crippen molar-refractivity contribution in [2.75, 3.05) is 27.2 Å². The van der Waals surface area contributed by atoms with Gasteiger partial charge >= 0.3 is 0 Å². The van der Waals surface area contributed by atoms with Crippen LogP contribution < -0.4 is 5.32 Å². The Morgan fingerprint density at radius 2 is 2.09 bits per heavy atom. The maximum Gasteiger partial charge on any atom is 0.193 e. The van der Waals surface area contributed by atoms with Crippen LogP contribution >= 0.6 is 24.0 Å². The highest BCUT2D eigenvalue weighted by Gasteiger charge is 2.11. The normalized spacial score (nSPS) is 12.3. The molecular formula is C17H26F2IN3. The third kappa shape index (κ3) is 7.28. The maximum absolute atomic E-state index is 13.3. The van der Waals surface area contributed by atoms with Crippen LogP contribution in [-0.2, 0) is 0 Å². The number of allylic oxidation sites excluding steroid dienone is 1. The number of unbranched alkanes of at least 4 members (excludes halogenated alkanes) is 1. The number of rotatable bonds is 7. The molecule has 0 aliphatic heterocycles. The fraction of sp³-hybridized carbons (Fsp3) is 0.471. The molecule has 0 aliphatic rings. The summed E-state index contributed by atoms with van der Waals surface area (Å²) in [5.74, 6) is -0.788. The monoisotopic (exact) mass is 437 g/mol. The summed E-state index contributed by atoms with van der Waals surface area (Å²) < 4.78 is 26.2. The van der Waals surface area contributed by atoms with Crippen LogP contribution in [0.2, 0.25) is 0 Å². The van der Waals surface area contributed by atoms with E-state index in [2.05, 4.69) is 16.9 Å². The molecule has 1 rings (SSSR count).